The zero-order chi connectivity index (χ0) is 32.9. The second-order valence-corrected chi connectivity index (χ2v) is 13.6. The van der Waals surface area contributed by atoms with Gasteiger partial charge in [-0.25, -0.2) is 4.98 Å². The average Bonchev–Trinajstić information content (AvgIpc) is 3.79. The van der Waals surface area contributed by atoms with Gasteiger partial charge >= 0.3 is 0 Å². The number of thiazole rings is 1. The topological polar surface area (TPSA) is 76.4 Å². The summed E-state index contributed by atoms with van der Waals surface area (Å²) in [6.07, 6.45) is 0. The van der Waals surface area contributed by atoms with E-state index >= 15 is 0 Å². The van der Waals surface area contributed by atoms with E-state index in [1.54, 1.807) is 7.11 Å². The summed E-state index contributed by atoms with van der Waals surface area (Å²) in [4.78, 5) is 22.7. The molecule has 6 aromatic rings. The number of thioether (sulfide) groups is 1. The molecule has 2 aromatic heterocycles. The quantitative estimate of drug-likeness (QED) is 0.135. The van der Waals surface area contributed by atoms with Gasteiger partial charge < -0.3 is 9.64 Å². The Hall–Kier alpha value is -4.48. The van der Waals surface area contributed by atoms with E-state index in [9.17, 15) is 4.79 Å². The number of aromatic nitrogens is 4. The highest BCUT2D eigenvalue weighted by atomic mass is 35.5. The predicted octanol–water partition coefficient (Wildman–Crippen LogP) is 7.89. The van der Waals surface area contributed by atoms with E-state index < -0.39 is 0 Å². The third-order valence-electron chi connectivity index (χ3n) is 8.37. The molecule has 1 aliphatic heterocycles. The monoisotopic (exact) mass is 692 g/mol. The molecule has 0 bridgehead atoms. The minimum absolute atomic E-state index is 0.0312. The number of nitrogens with zero attached hydrogens (tertiary/aromatic N) is 6. The first-order valence-corrected chi connectivity index (χ1v) is 17.9. The van der Waals surface area contributed by atoms with Crippen molar-refractivity contribution in [2.24, 2.45) is 0 Å². The number of rotatable bonds is 10. The van der Waals surface area contributed by atoms with Crippen LogP contribution in [0.5, 0.6) is 5.75 Å². The SMILES string of the molecule is COc1ccccc1-n1c(SCc2nc(C(=O)N3CCN(C(c4ccccc4)c4ccccc4)CC3)cs2)nnc1-c1ccccc1Cl. The Labute approximate surface area is 293 Å². The molecular weight excluding hydrogens is 660 g/mol. The fourth-order valence-corrected chi connectivity index (χ4v) is 7.99. The number of para-hydroxylation sites is 2. The van der Waals surface area contributed by atoms with Crippen LogP contribution in [0.15, 0.2) is 120 Å². The van der Waals surface area contributed by atoms with Crippen molar-refractivity contribution >= 4 is 40.6 Å². The van der Waals surface area contributed by atoms with Crippen molar-refractivity contribution in [1.29, 1.82) is 0 Å². The van der Waals surface area contributed by atoms with Gasteiger partial charge in [-0.3, -0.25) is 14.3 Å². The standard InChI is InChI=1S/C37H33ClN6O2S2/c1-46-32-19-11-10-18-31(32)44-35(28-16-8-9-17-29(28)38)40-41-37(44)48-25-33-39-30(24-47-33)36(45)43-22-20-42(21-23-43)34(26-12-4-2-5-13-26)27-14-6-3-7-15-27/h2-19,24,34H,20-23,25H2,1H3. The summed E-state index contributed by atoms with van der Waals surface area (Å²) in [5.41, 5.74) is 4.56. The summed E-state index contributed by atoms with van der Waals surface area (Å²) >= 11 is 9.57. The van der Waals surface area contributed by atoms with Crippen LogP contribution in [0.4, 0.5) is 0 Å². The van der Waals surface area contributed by atoms with E-state index in [1.165, 1.54) is 34.2 Å². The summed E-state index contributed by atoms with van der Waals surface area (Å²) < 4.78 is 7.65. The maximum absolute atomic E-state index is 13.6. The van der Waals surface area contributed by atoms with Crippen LogP contribution in [0.2, 0.25) is 5.02 Å². The highest BCUT2D eigenvalue weighted by Crippen LogP contribution is 2.36. The van der Waals surface area contributed by atoms with Crippen LogP contribution in [-0.4, -0.2) is 68.7 Å². The van der Waals surface area contributed by atoms with Crippen LogP contribution >= 0.6 is 34.7 Å². The third kappa shape index (κ3) is 6.75. The summed E-state index contributed by atoms with van der Waals surface area (Å²) in [6, 6.07) is 36.6. The van der Waals surface area contributed by atoms with E-state index in [0.717, 1.165) is 29.3 Å². The van der Waals surface area contributed by atoms with Gasteiger partial charge in [-0.05, 0) is 35.4 Å². The van der Waals surface area contributed by atoms with Gasteiger partial charge in [-0.15, -0.1) is 21.5 Å². The van der Waals surface area contributed by atoms with Crippen LogP contribution in [-0.2, 0) is 5.75 Å². The zero-order valence-electron chi connectivity index (χ0n) is 26.3. The Kier molecular flexibility index (Phi) is 9.85. The molecule has 0 saturated carbocycles. The number of methoxy groups -OCH3 is 1. The number of hydrogen-bond donors (Lipinski definition) is 0. The van der Waals surface area contributed by atoms with Crippen molar-refractivity contribution in [2.45, 2.75) is 17.0 Å². The molecule has 0 radical (unpaired) electrons. The molecule has 7 rings (SSSR count). The van der Waals surface area contributed by atoms with Crippen molar-refractivity contribution in [2.75, 3.05) is 33.3 Å². The Morgan fingerprint density at radius 2 is 1.50 bits per heavy atom. The number of halogens is 1. The van der Waals surface area contributed by atoms with E-state index in [1.807, 2.05) is 75.5 Å². The molecule has 0 unspecified atom stereocenters. The molecule has 242 valence electrons. The van der Waals surface area contributed by atoms with Crippen molar-refractivity contribution in [3.8, 4) is 22.8 Å². The first-order valence-electron chi connectivity index (χ1n) is 15.6. The minimum Gasteiger partial charge on any atom is -0.495 e. The Morgan fingerprint density at radius 1 is 0.854 bits per heavy atom. The molecule has 4 aromatic carbocycles. The summed E-state index contributed by atoms with van der Waals surface area (Å²) in [6.45, 7) is 2.84. The molecule has 0 aliphatic carbocycles. The molecule has 1 saturated heterocycles. The Morgan fingerprint density at radius 3 is 2.19 bits per heavy atom. The fourth-order valence-electron chi connectivity index (χ4n) is 6.04. The molecular formula is C37H33ClN6O2S2. The number of carbonyl (C=O) groups excluding carboxylic acids is 1. The van der Waals surface area contributed by atoms with Crippen LogP contribution < -0.4 is 4.74 Å². The molecule has 0 atom stereocenters. The van der Waals surface area contributed by atoms with Gasteiger partial charge in [0.1, 0.15) is 16.5 Å². The van der Waals surface area contributed by atoms with Crippen LogP contribution in [0, 0.1) is 0 Å². The zero-order valence-corrected chi connectivity index (χ0v) is 28.7. The first kappa shape index (κ1) is 32.1. The maximum atomic E-state index is 13.6. The highest BCUT2D eigenvalue weighted by Gasteiger charge is 2.29. The number of ether oxygens (including phenoxy) is 1. The lowest BCUT2D eigenvalue weighted by atomic mass is 9.96. The van der Waals surface area contributed by atoms with E-state index in [4.69, 9.17) is 21.3 Å². The van der Waals surface area contributed by atoms with Gasteiger partial charge in [0.2, 0.25) is 0 Å². The van der Waals surface area contributed by atoms with Gasteiger partial charge in [0.05, 0.1) is 29.6 Å². The molecule has 3 heterocycles. The minimum atomic E-state index is -0.0312. The van der Waals surface area contributed by atoms with Crippen LogP contribution in [0.25, 0.3) is 17.1 Å². The van der Waals surface area contributed by atoms with E-state index in [-0.39, 0.29) is 11.9 Å². The molecule has 1 amide bonds. The first-order chi connectivity index (χ1) is 23.6. The number of piperazine rings is 1. The third-order valence-corrected chi connectivity index (χ3v) is 10.7. The normalized spacial score (nSPS) is 13.6. The molecule has 8 nitrogen and oxygen atoms in total. The molecule has 0 spiro atoms. The lowest BCUT2D eigenvalue weighted by molar-refractivity contribution is 0.0592. The number of amides is 1. The Bertz CT molecular complexity index is 1950. The smallest absolute Gasteiger partial charge is 0.273 e. The molecule has 11 heteroatoms. The molecule has 1 aliphatic rings. The number of carbonyl (C=O) groups is 1. The Balaban J connectivity index is 1.05. The van der Waals surface area contributed by atoms with Crippen LogP contribution in [0.1, 0.15) is 32.7 Å². The average molecular weight is 693 g/mol. The predicted molar refractivity (Wildman–Crippen MR) is 192 cm³/mol. The fraction of sp³-hybridized carbons (Fsp3) is 0.189. The second kappa shape index (κ2) is 14.7. The number of hydrogen-bond acceptors (Lipinski definition) is 8. The van der Waals surface area contributed by atoms with Crippen molar-refractivity contribution in [3.63, 3.8) is 0 Å². The summed E-state index contributed by atoms with van der Waals surface area (Å²) in [7, 11) is 1.64. The van der Waals surface area contributed by atoms with E-state index in [2.05, 4.69) is 63.6 Å². The van der Waals surface area contributed by atoms with Gasteiger partial charge in [0.15, 0.2) is 11.0 Å². The maximum Gasteiger partial charge on any atom is 0.273 e. The summed E-state index contributed by atoms with van der Waals surface area (Å²) in [5, 5.41) is 13.0. The lowest BCUT2D eigenvalue weighted by Gasteiger charge is -2.39. The van der Waals surface area contributed by atoms with Crippen molar-refractivity contribution in [3.05, 3.63) is 141 Å². The molecule has 1 fully saturated rings. The lowest BCUT2D eigenvalue weighted by Crippen LogP contribution is -2.50. The molecule has 0 N–H and O–H groups in total. The van der Waals surface area contributed by atoms with Gasteiger partial charge in [-0.2, -0.15) is 0 Å². The van der Waals surface area contributed by atoms with E-state index in [0.29, 0.717) is 46.3 Å². The van der Waals surface area contributed by atoms with Gasteiger partial charge in [0.25, 0.3) is 5.91 Å². The molecule has 48 heavy (non-hydrogen) atoms. The van der Waals surface area contributed by atoms with Crippen LogP contribution in [0.3, 0.4) is 0 Å². The van der Waals surface area contributed by atoms with Crippen molar-refractivity contribution < 1.29 is 9.53 Å². The second-order valence-electron chi connectivity index (χ2n) is 11.3. The van der Waals surface area contributed by atoms with Crippen molar-refractivity contribution in [1.82, 2.24) is 29.5 Å². The van der Waals surface area contributed by atoms with Gasteiger partial charge in [0, 0.05) is 37.1 Å². The summed E-state index contributed by atoms with van der Waals surface area (Å²) in [5.74, 6) is 1.80. The highest BCUT2D eigenvalue weighted by molar-refractivity contribution is 7.98. The number of benzene rings is 4. The van der Waals surface area contributed by atoms with Gasteiger partial charge in [-0.1, -0.05) is 108 Å². The largest absolute Gasteiger partial charge is 0.495 e.